The Labute approximate surface area is 133 Å². The topological polar surface area (TPSA) is 54.0 Å². The van der Waals surface area contributed by atoms with Gasteiger partial charge in [-0.05, 0) is 30.7 Å². The van der Waals surface area contributed by atoms with Crippen LogP contribution in [0.4, 0.5) is 4.39 Å². The third kappa shape index (κ3) is 5.20. The van der Waals surface area contributed by atoms with Crippen molar-refractivity contribution in [1.29, 1.82) is 0 Å². The molecule has 1 aromatic carbocycles. The monoisotopic (exact) mass is 321 g/mol. The number of thiazole rings is 1. The average molecular weight is 321 g/mol. The van der Waals surface area contributed by atoms with E-state index in [1.54, 1.807) is 18.3 Å². The smallest absolute Gasteiger partial charge is 0.263 e. The first-order valence-electron chi connectivity index (χ1n) is 7.37. The zero-order valence-electron chi connectivity index (χ0n) is 12.6. The van der Waals surface area contributed by atoms with Crippen LogP contribution >= 0.6 is 11.3 Å². The van der Waals surface area contributed by atoms with Crippen molar-refractivity contribution in [3.63, 3.8) is 0 Å². The number of hydrogen-bond acceptors (Lipinski definition) is 4. The van der Waals surface area contributed by atoms with Crippen LogP contribution in [-0.4, -0.2) is 30.5 Å². The molecule has 0 saturated carbocycles. The lowest BCUT2D eigenvalue weighted by Gasteiger charge is -2.04. The molecule has 0 radical (unpaired) electrons. The molecule has 0 aliphatic heterocycles. The molecule has 118 valence electrons. The first kappa shape index (κ1) is 16.6. The quantitative estimate of drug-likeness (QED) is 0.735. The minimum absolute atomic E-state index is 0.0962. The summed E-state index contributed by atoms with van der Waals surface area (Å²) in [5.74, 6) is -0.346. The van der Waals surface area contributed by atoms with Gasteiger partial charge in [0.25, 0.3) is 5.91 Å². The Morgan fingerprint density at radius 3 is 2.73 bits per heavy atom. The van der Waals surface area contributed by atoms with E-state index < -0.39 is 0 Å². The largest absolute Gasteiger partial charge is 0.350 e. The number of nitrogens with one attached hydrogen (secondary N) is 2. The fraction of sp³-hybridized carbons (Fsp3) is 0.375. The lowest BCUT2D eigenvalue weighted by atomic mass is 10.2. The van der Waals surface area contributed by atoms with E-state index in [0.29, 0.717) is 17.8 Å². The molecule has 6 heteroatoms. The van der Waals surface area contributed by atoms with Gasteiger partial charge in [0.1, 0.15) is 10.7 Å². The summed E-state index contributed by atoms with van der Waals surface area (Å²) in [7, 11) is 0. The number of carbonyl (C=O) groups excluding carboxylic acids is 1. The molecule has 2 N–H and O–H groups in total. The summed E-state index contributed by atoms with van der Waals surface area (Å²) in [6.45, 7) is 4.43. The van der Waals surface area contributed by atoms with Crippen LogP contribution in [-0.2, 0) is 6.42 Å². The minimum Gasteiger partial charge on any atom is -0.350 e. The minimum atomic E-state index is -0.250. The maximum atomic E-state index is 12.9. The highest BCUT2D eigenvalue weighted by Crippen LogP contribution is 2.17. The van der Waals surface area contributed by atoms with Gasteiger partial charge in [0.2, 0.25) is 0 Å². The molecule has 4 nitrogen and oxygen atoms in total. The highest BCUT2D eigenvalue weighted by molar-refractivity contribution is 7.13. The van der Waals surface area contributed by atoms with E-state index >= 15 is 0 Å². The summed E-state index contributed by atoms with van der Waals surface area (Å²) in [6.07, 6.45) is 3.28. The van der Waals surface area contributed by atoms with Crippen LogP contribution < -0.4 is 10.6 Å². The second-order valence-corrected chi connectivity index (χ2v) is 6.04. The van der Waals surface area contributed by atoms with Crippen molar-refractivity contribution in [1.82, 2.24) is 15.6 Å². The van der Waals surface area contributed by atoms with Crippen molar-refractivity contribution in [2.75, 3.05) is 19.6 Å². The van der Waals surface area contributed by atoms with Gasteiger partial charge in [-0.25, -0.2) is 9.37 Å². The van der Waals surface area contributed by atoms with Gasteiger partial charge in [0, 0.05) is 19.5 Å². The number of halogens is 1. The van der Waals surface area contributed by atoms with Crippen molar-refractivity contribution in [2.24, 2.45) is 0 Å². The van der Waals surface area contributed by atoms with Gasteiger partial charge < -0.3 is 10.6 Å². The second kappa shape index (κ2) is 8.60. The van der Waals surface area contributed by atoms with Crippen LogP contribution in [0.15, 0.2) is 30.5 Å². The summed E-state index contributed by atoms with van der Waals surface area (Å²) >= 11 is 1.37. The molecule has 2 aromatic rings. The van der Waals surface area contributed by atoms with E-state index in [0.717, 1.165) is 30.1 Å². The molecule has 22 heavy (non-hydrogen) atoms. The molecule has 0 atom stereocenters. The highest BCUT2D eigenvalue weighted by Gasteiger charge is 2.10. The molecule has 1 aromatic heterocycles. The van der Waals surface area contributed by atoms with Crippen LogP contribution in [0.3, 0.4) is 0 Å². The zero-order valence-corrected chi connectivity index (χ0v) is 13.4. The fourth-order valence-electron chi connectivity index (χ4n) is 1.93. The maximum Gasteiger partial charge on any atom is 0.263 e. The Bertz CT molecular complexity index is 598. The molecular formula is C16H20FN3OS. The fourth-order valence-corrected chi connectivity index (χ4v) is 2.80. The summed E-state index contributed by atoms with van der Waals surface area (Å²) in [6, 6.07) is 6.32. The van der Waals surface area contributed by atoms with Crippen LogP contribution in [0.5, 0.6) is 0 Å². The second-order valence-electron chi connectivity index (χ2n) is 4.93. The molecule has 2 rings (SSSR count). The summed E-state index contributed by atoms with van der Waals surface area (Å²) < 4.78 is 12.9. The molecule has 0 spiro atoms. The summed E-state index contributed by atoms with van der Waals surface area (Å²) in [4.78, 5) is 16.8. The van der Waals surface area contributed by atoms with Crippen molar-refractivity contribution in [3.05, 3.63) is 51.7 Å². The highest BCUT2D eigenvalue weighted by atomic mass is 32.1. The van der Waals surface area contributed by atoms with E-state index in [2.05, 4.69) is 22.5 Å². The predicted molar refractivity (Wildman–Crippen MR) is 86.8 cm³/mol. The molecule has 1 heterocycles. The molecule has 0 aliphatic carbocycles. The number of aromatic nitrogens is 1. The Morgan fingerprint density at radius 2 is 2.00 bits per heavy atom. The van der Waals surface area contributed by atoms with Crippen molar-refractivity contribution in [2.45, 2.75) is 19.8 Å². The van der Waals surface area contributed by atoms with E-state index in [-0.39, 0.29) is 11.7 Å². The molecule has 0 aliphatic rings. The van der Waals surface area contributed by atoms with Gasteiger partial charge in [-0.15, -0.1) is 11.3 Å². The van der Waals surface area contributed by atoms with Crippen LogP contribution in [0.1, 0.15) is 33.6 Å². The molecule has 0 saturated heterocycles. The third-order valence-corrected chi connectivity index (χ3v) is 4.06. The number of nitrogens with zero attached hydrogens (tertiary/aromatic N) is 1. The molecular weight excluding hydrogens is 301 g/mol. The van der Waals surface area contributed by atoms with Gasteiger partial charge in [-0.3, -0.25) is 4.79 Å². The van der Waals surface area contributed by atoms with Gasteiger partial charge in [-0.1, -0.05) is 19.1 Å². The number of carbonyl (C=O) groups is 1. The van der Waals surface area contributed by atoms with E-state index in [4.69, 9.17) is 0 Å². The SMILES string of the molecule is CCCNCCNC(=O)c1cnc(Cc2ccc(F)cc2)s1. The normalized spacial score (nSPS) is 10.6. The Balaban J connectivity index is 1.82. The summed E-state index contributed by atoms with van der Waals surface area (Å²) in [5, 5.41) is 6.94. The number of rotatable bonds is 8. The van der Waals surface area contributed by atoms with E-state index in [1.807, 2.05) is 0 Å². The Morgan fingerprint density at radius 1 is 1.23 bits per heavy atom. The zero-order chi connectivity index (χ0) is 15.8. The van der Waals surface area contributed by atoms with Crippen molar-refractivity contribution >= 4 is 17.2 Å². The number of amides is 1. The predicted octanol–water partition coefficient (Wildman–Crippen LogP) is 2.60. The first-order chi connectivity index (χ1) is 10.7. The molecule has 0 bridgehead atoms. The van der Waals surface area contributed by atoms with Gasteiger partial charge >= 0.3 is 0 Å². The Kier molecular flexibility index (Phi) is 6.48. The van der Waals surface area contributed by atoms with Gasteiger partial charge in [-0.2, -0.15) is 0 Å². The van der Waals surface area contributed by atoms with Gasteiger partial charge in [0.15, 0.2) is 0 Å². The molecule has 0 fully saturated rings. The standard InChI is InChI=1S/C16H20FN3OS/c1-2-7-18-8-9-19-16(21)14-11-20-15(22-14)10-12-3-5-13(17)6-4-12/h3-6,11,18H,2,7-10H2,1H3,(H,19,21). The number of benzene rings is 1. The van der Waals surface area contributed by atoms with Crippen molar-refractivity contribution < 1.29 is 9.18 Å². The van der Waals surface area contributed by atoms with E-state index in [9.17, 15) is 9.18 Å². The maximum absolute atomic E-state index is 12.9. The molecule has 1 amide bonds. The molecule has 0 unspecified atom stereocenters. The first-order valence-corrected chi connectivity index (χ1v) is 8.18. The van der Waals surface area contributed by atoms with Gasteiger partial charge in [0.05, 0.1) is 11.2 Å². The summed E-state index contributed by atoms with van der Waals surface area (Å²) in [5.41, 5.74) is 0.978. The number of hydrogen-bond donors (Lipinski definition) is 2. The van der Waals surface area contributed by atoms with E-state index in [1.165, 1.54) is 23.5 Å². The van der Waals surface area contributed by atoms with Crippen LogP contribution in [0.2, 0.25) is 0 Å². The average Bonchev–Trinajstić information content (AvgIpc) is 2.98. The van der Waals surface area contributed by atoms with Crippen molar-refractivity contribution in [3.8, 4) is 0 Å². The Hall–Kier alpha value is -1.79. The third-order valence-electron chi connectivity index (χ3n) is 3.06. The van der Waals surface area contributed by atoms with Crippen LogP contribution in [0, 0.1) is 5.82 Å². The lowest BCUT2D eigenvalue weighted by Crippen LogP contribution is -2.31. The lowest BCUT2D eigenvalue weighted by molar-refractivity contribution is 0.0958. The van der Waals surface area contributed by atoms with Crippen LogP contribution in [0.25, 0.3) is 0 Å².